The van der Waals surface area contributed by atoms with Crippen molar-refractivity contribution < 1.29 is 33.5 Å². The lowest BCUT2D eigenvalue weighted by Crippen LogP contribution is -2.42. The molecule has 2 heterocycles. The van der Waals surface area contributed by atoms with Gasteiger partial charge in [-0.15, -0.1) is 0 Å². The van der Waals surface area contributed by atoms with Crippen molar-refractivity contribution in [3.63, 3.8) is 0 Å². The summed E-state index contributed by atoms with van der Waals surface area (Å²) in [7, 11) is 0. The maximum Gasteiger partial charge on any atom is 0.303 e. The topological polar surface area (TPSA) is 119 Å². The van der Waals surface area contributed by atoms with Crippen LogP contribution in [0.4, 0.5) is 5.69 Å². The van der Waals surface area contributed by atoms with E-state index >= 15 is 0 Å². The van der Waals surface area contributed by atoms with Crippen LogP contribution in [-0.2, 0) is 34.1 Å². The van der Waals surface area contributed by atoms with Gasteiger partial charge in [0.25, 0.3) is 5.69 Å². The Labute approximate surface area is 265 Å². The zero-order valence-corrected chi connectivity index (χ0v) is 25.2. The van der Waals surface area contributed by atoms with Crippen molar-refractivity contribution in [2.75, 3.05) is 6.61 Å². The number of non-ortho nitro benzene ring substituents is 1. The third-order valence-electron chi connectivity index (χ3n) is 8.09. The van der Waals surface area contributed by atoms with Gasteiger partial charge in [-0.2, -0.15) is 0 Å². The van der Waals surface area contributed by atoms with Crippen LogP contribution < -0.4 is 0 Å². The van der Waals surface area contributed by atoms with Crippen LogP contribution in [0.2, 0.25) is 0 Å². The Morgan fingerprint density at radius 3 is 1.80 bits per heavy atom. The number of carbonyl (C=O) groups excluding carboxylic acids is 2. The van der Waals surface area contributed by atoms with Crippen LogP contribution in [0.1, 0.15) is 36.8 Å². The second-order valence-electron chi connectivity index (χ2n) is 11.0. The Bertz CT molecular complexity index is 1750. The Morgan fingerprint density at radius 1 is 0.783 bits per heavy atom. The van der Waals surface area contributed by atoms with Gasteiger partial charge in [0.1, 0.15) is 11.7 Å². The van der Waals surface area contributed by atoms with Crippen molar-refractivity contribution in [1.29, 1.82) is 0 Å². The highest BCUT2D eigenvalue weighted by atomic mass is 16.7. The van der Waals surface area contributed by atoms with E-state index in [4.69, 9.17) is 18.9 Å². The third-order valence-corrected chi connectivity index (χ3v) is 8.09. The second kappa shape index (κ2) is 13.0. The molecule has 5 aromatic rings. The number of benzene rings is 4. The number of nitro benzene ring substituents is 1. The number of aromatic nitrogens is 1. The molecule has 0 radical (unpaired) electrons. The minimum absolute atomic E-state index is 0.0791. The molecule has 4 aromatic carbocycles. The summed E-state index contributed by atoms with van der Waals surface area (Å²) in [5.41, 5.74) is 1.89. The number of ether oxygens (including phenoxy) is 4. The van der Waals surface area contributed by atoms with Crippen LogP contribution in [0, 0.1) is 10.1 Å². The number of rotatable bonds is 10. The molecule has 4 atom stereocenters. The molecule has 10 nitrogen and oxygen atoms in total. The molecule has 1 fully saturated rings. The molecule has 234 valence electrons. The summed E-state index contributed by atoms with van der Waals surface area (Å²) in [5.74, 6) is -1.20. The Morgan fingerprint density at radius 2 is 1.30 bits per heavy atom. The number of hydrogen-bond donors (Lipinski definition) is 0. The SMILES string of the molecule is CC(=O)O[C@@H]1[C@H](OC(C)=O)[C@@H](COC(c2ccccc2)(c2ccccc2)c2ccccc2)O[C@H]1n1ccc2ccc([N+](=O)[O-])cc21. The van der Waals surface area contributed by atoms with E-state index in [0.29, 0.717) is 5.52 Å². The fourth-order valence-electron chi connectivity index (χ4n) is 6.17. The van der Waals surface area contributed by atoms with E-state index in [1.165, 1.54) is 26.0 Å². The van der Waals surface area contributed by atoms with E-state index in [1.54, 1.807) is 22.9 Å². The molecule has 1 aliphatic rings. The fourth-order valence-corrected chi connectivity index (χ4v) is 6.17. The van der Waals surface area contributed by atoms with Gasteiger partial charge >= 0.3 is 11.9 Å². The number of hydrogen-bond acceptors (Lipinski definition) is 8. The smallest absolute Gasteiger partial charge is 0.303 e. The molecule has 1 aromatic heterocycles. The number of carbonyl (C=O) groups is 2. The van der Waals surface area contributed by atoms with Crippen molar-refractivity contribution in [2.45, 2.75) is 44.0 Å². The van der Waals surface area contributed by atoms with Gasteiger partial charge in [-0.1, -0.05) is 91.0 Å². The molecule has 6 rings (SSSR count). The molecule has 1 aliphatic heterocycles. The second-order valence-corrected chi connectivity index (χ2v) is 11.0. The maximum atomic E-state index is 12.4. The quantitative estimate of drug-likeness (QED) is 0.0770. The van der Waals surface area contributed by atoms with Gasteiger partial charge in [-0.25, -0.2) is 0 Å². The summed E-state index contributed by atoms with van der Waals surface area (Å²) in [5, 5.41) is 12.3. The van der Waals surface area contributed by atoms with Crippen molar-refractivity contribution in [3.05, 3.63) is 148 Å². The average Bonchev–Trinajstić information content (AvgIpc) is 3.63. The summed E-state index contributed by atoms with van der Waals surface area (Å²) >= 11 is 0. The molecule has 0 amide bonds. The molecule has 1 saturated heterocycles. The highest BCUT2D eigenvalue weighted by Gasteiger charge is 2.51. The highest BCUT2D eigenvalue weighted by molar-refractivity contribution is 5.82. The molecule has 10 heteroatoms. The van der Waals surface area contributed by atoms with E-state index < -0.39 is 47.0 Å². The van der Waals surface area contributed by atoms with Crippen LogP contribution in [-0.4, -0.2) is 46.3 Å². The molecule has 0 bridgehead atoms. The van der Waals surface area contributed by atoms with Crippen LogP contribution in [0.25, 0.3) is 10.9 Å². The lowest BCUT2D eigenvalue weighted by atomic mass is 9.80. The van der Waals surface area contributed by atoms with Gasteiger partial charge in [0.15, 0.2) is 18.4 Å². The minimum Gasteiger partial charge on any atom is -0.456 e. The van der Waals surface area contributed by atoms with E-state index in [-0.39, 0.29) is 12.3 Å². The van der Waals surface area contributed by atoms with Gasteiger partial charge < -0.3 is 23.5 Å². The van der Waals surface area contributed by atoms with Gasteiger partial charge in [-0.05, 0) is 28.8 Å². The lowest BCUT2D eigenvalue weighted by molar-refractivity contribution is -0.384. The van der Waals surface area contributed by atoms with E-state index in [2.05, 4.69) is 0 Å². The van der Waals surface area contributed by atoms with Crippen molar-refractivity contribution >= 4 is 28.5 Å². The Kier molecular flexibility index (Phi) is 8.65. The first-order valence-corrected chi connectivity index (χ1v) is 14.8. The number of fused-ring (bicyclic) bond motifs is 1. The monoisotopic (exact) mass is 620 g/mol. The predicted molar refractivity (Wildman–Crippen MR) is 169 cm³/mol. The molecule has 0 aliphatic carbocycles. The summed E-state index contributed by atoms with van der Waals surface area (Å²) in [6, 6.07) is 35.6. The summed E-state index contributed by atoms with van der Waals surface area (Å²) in [6.07, 6.45) is -2.32. The molecule has 0 unspecified atom stereocenters. The Hall–Kier alpha value is -5.32. The predicted octanol–water partition coefficient (Wildman–Crippen LogP) is 6.32. The molecule has 0 N–H and O–H groups in total. The van der Waals surface area contributed by atoms with Crippen LogP contribution in [0.5, 0.6) is 0 Å². The maximum absolute atomic E-state index is 12.4. The number of esters is 2. The largest absolute Gasteiger partial charge is 0.456 e. The van der Waals surface area contributed by atoms with E-state index in [1.807, 2.05) is 91.0 Å². The van der Waals surface area contributed by atoms with Crippen LogP contribution >= 0.6 is 0 Å². The summed E-state index contributed by atoms with van der Waals surface area (Å²) < 4.78 is 26.7. The normalized spacial score (nSPS) is 19.5. The molecule has 0 spiro atoms. The fraction of sp³-hybridized carbons (Fsp3) is 0.222. The van der Waals surface area contributed by atoms with Gasteiger partial charge in [0.2, 0.25) is 0 Å². The van der Waals surface area contributed by atoms with Gasteiger partial charge in [0.05, 0.1) is 17.0 Å². The first-order valence-electron chi connectivity index (χ1n) is 14.8. The Balaban J connectivity index is 1.44. The van der Waals surface area contributed by atoms with E-state index in [9.17, 15) is 19.7 Å². The average molecular weight is 621 g/mol. The van der Waals surface area contributed by atoms with Gasteiger partial charge in [0, 0.05) is 37.6 Å². The molecule has 46 heavy (non-hydrogen) atoms. The lowest BCUT2D eigenvalue weighted by Gasteiger charge is -2.37. The summed E-state index contributed by atoms with van der Waals surface area (Å²) in [6.45, 7) is 2.45. The molecular weight excluding hydrogens is 588 g/mol. The van der Waals surface area contributed by atoms with Crippen molar-refractivity contribution in [2.24, 2.45) is 0 Å². The first-order chi connectivity index (χ1) is 22.3. The number of nitrogens with zero attached hydrogens (tertiary/aromatic N) is 2. The summed E-state index contributed by atoms with van der Waals surface area (Å²) in [4.78, 5) is 35.9. The minimum atomic E-state index is -1.09. The third kappa shape index (κ3) is 5.88. The van der Waals surface area contributed by atoms with Crippen LogP contribution in [0.15, 0.2) is 121 Å². The zero-order valence-electron chi connectivity index (χ0n) is 25.2. The van der Waals surface area contributed by atoms with Crippen LogP contribution in [0.3, 0.4) is 0 Å². The van der Waals surface area contributed by atoms with Crippen molar-refractivity contribution in [1.82, 2.24) is 4.57 Å². The molecule has 0 saturated carbocycles. The number of nitro groups is 1. The zero-order chi connectivity index (χ0) is 32.3. The van der Waals surface area contributed by atoms with E-state index in [0.717, 1.165) is 22.1 Å². The van der Waals surface area contributed by atoms with Crippen molar-refractivity contribution in [3.8, 4) is 0 Å². The van der Waals surface area contributed by atoms with Gasteiger partial charge in [-0.3, -0.25) is 19.7 Å². The highest BCUT2D eigenvalue weighted by Crippen LogP contribution is 2.43. The first kappa shape index (κ1) is 30.7. The standard InChI is InChI=1S/C36H32N2O8/c1-24(39)44-33-32(46-35(34(33)45-25(2)40)37-21-20-26-18-19-30(38(41)42)22-31(26)37)23-43-36(27-12-6-3-7-13-27,28-14-8-4-9-15-28)29-16-10-5-11-17-29/h3-22,32-35H,23H2,1-2H3/t32-,33-,34-,35-/m1/s1. The molecular formula is C36H32N2O8.